The highest BCUT2D eigenvalue weighted by atomic mass is 16.5. The average molecular weight is 237 g/mol. The third-order valence-electron chi connectivity index (χ3n) is 3.58. The van der Waals surface area contributed by atoms with E-state index in [9.17, 15) is 0 Å². The zero-order valence-corrected chi connectivity index (χ0v) is 11.1. The van der Waals surface area contributed by atoms with Gasteiger partial charge in [-0.3, -0.25) is 9.91 Å². The molecule has 0 aliphatic carbocycles. The molecule has 0 saturated carbocycles. The SMILES string of the molecule is C=C1CN(C(C)C)CC2(COC2)CN1/N=C\C. The lowest BCUT2D eigenvalue weighted by Gasteiger charge is -2.44. The number of rotatable bonds is 2. The quantitative estimate of drug-likeness (QED) is 0.682. The first-order valence-electron chi connectivity index (χ1n) is 6.32. The molecule has 0 aromatic rings. The van der Waals surface area contributed by atoms with E-state index in [4.69, 9.17) is 4.74 Å². The standard InChI is InChI=1S/C13H23N3O/c1-5-14-16-8-13(9-17-10-13)7-15(11(2)3)6-12(16)4/h5,11H,4,6-10H2,1-3H3/b14-5-. The Morgan fingerprint density at radius 3 is 2.59 bits per heavy atom. The molecule has 2 aliphatic heterocycles. The van der Waals surface area contributed by atoms with E-state index in [1.807, 2.05) is 18.1 Å². The van der Waals surface area contributed by atoms with Gasteiger partial charge in [-0.05, 0) is 20.8 Å². The zero-order chi connectivity index (χ0) is 12.5. The molecule has 2 saturated heterocycles. The fourth-order valence-electron chi connectivity index (χ4n) is 2.48. The Morgan fingerprint density at radius 2 is 2.12 bits per heavy atom. The van der Waals surface area contributed by atoms with E-state index in [1.165, 1.54) is 0 Å². The third kappa shape index (κ3) is 2.53. The van der Waals surface area contributed by atoms with Crippen molar-refractivity contribution in [3.8, 4) is 0 Å². The van der Waals surface area contributed by atoms with Crippen LogP contribution in [0.1, 0.15) is 20.8 Å². The minimum Gasteiger partial charge on any atom is -0.380 e. The molecule has 0 unspecified atom stereocenters. The van der Waals surface area contributed by atoms with E-state index in [0.29, 0.717) is 6.04 Å². The summed E-state index contributed by atoms with van der Waals surface area (Å²) in [4.78, 5) is 2.47. The normalized spacial score (nSPS) is 25.6. The van der Waals surface area contributed by atoms with Gasteiger partial charge in [-0.1, -0.05) is 6.58 Å². The first-order valence-corrected chi connectivity index (χ1v) is 6.32. The summed E-state index contributed by atoms with van der Waals surface area (Å²) in [5.74, 6) is 0. The van der Waals surface area contributed by atoms with Gasteiger partial charge in [-0.15, -0.1) is 0 Å². The van der Waals surface area contributed by atoms with Crippen LogP contribution in [0.15, 0.2) is 17.4 Å². The van der Waals surface area contributed by atoms with Crippen LogP contribution in [-0.4, -0.2) is 55.0 Å². The third-order valence-corrected chi connectivity index (χ3v) is 3.58. The monoisotopic (exact) mass is 237 g/mol. The summed E-state index contributed by atoms with van der Waals surface area (Å²) >= 11 is 0. The minimum atomic E-state index is 0.246. The Kier molecular flexibility index (Phi) is 3.54. The molecule has 0 N–H and O–H groups in total. The predicted molar refractivity (Wildman–Crippen MR) is 70.0 cm³/mol. The van der Waals surface area contributed by atoms with E-state index in [-0.39, 0.29) is 5.41 Å². The molecule has 4 heteroatoms. The molecule has 2 fully saturated rings. The highest BCUT2D eigenvalue weighted by molar-refractivity contribution is 5.53. The molecule has 2 aliphatic rings. The van der Waals surface area contributed by atoms with Crippen molar-refractivity contribution in [3.05, 3.63) is 12.3 Å². The molecule has 0 aromatic heterocycles. The molecular formula is C13H23N3O. The molecule has 0 bridgehead atoms. The molecular weight excluding hydrogens is 214 g/mol. The molecule has 1 spiro atoms. The van der Waals surface area contributed by atoms with Gasteiger partial charge in [0.1, 0.15) is 0 Å². The Labute approximate surface area is 104 Å². The summed E-state index contributed by atoms with van der Waals surface area (Å²) in [6.45, 7) is 15.2. The van der Waals surface area contributed by atoms with E-state index in [1.54, 1.807) is 0 Å². The van der Waals surface area contributed by atoms with Crippen molar-refractivity contribution in [2.24, 2.45) is 10.5 Å². The Morgan fingerprint density at radius 1 is 1.41 bits per heavy atom. The fraction of sp³-hybridized carbons (Fsp3) is 0.769. The lowest BCUT2D eigenvalue weighted by molar-refractivity contribution is -0.130. The van der Waals surface area contributed by atoms with Crippen LogP contribution in [-0.2, 0) is 4.74 Å². The minimum absolute atomic E-state index is 0.246. The van der Waals surface area contributed by atoms with E-state index < -0.39 is 0 Å². The van der Waals surface area contributed by atoms with Gasteiger partial charge in [-0.25, -0.2) is 0 Å². The number of ether oxygens (including phenoxy) is 1. The van der Waals surface area contributed by atoms with E-state index >= 15 is 0 Å². The fourth-order valence-corrected chi connectivity index (χ4v) is 2.48. The van der Waals surface area contributed by atoms with Gasteiger partial charge in [-0.2, -0.15) is 5.10 Å². The van der Waals surface area contributed by atoms with Gasteiger partial charge in [0.2, 0.25) is 0 Å². The Balaban J connectivity index is 2.18. The number of hydrogen-bond acceptors (Lipinski definition) is 4. The molecule has 0 radical (unpaired) electrons. The van der Waals surface area contributed by atoms with Crippen molar-refractivity contribution < 1.29 is 4.74 Å². The largest absolute Gasteiger partial charge is 0.380 e. The average Bonchev–Trinajstić information content (AvgIpc) is 2.37. The predicted octanol–water partition coefficient (Wildman–Crippen LogP) is 1.55. The molecule has 2 rings (SSSR count). The van der Waals surface area contributed by atoms with Gasteiger partial charge < -0.3 is 4.74 Å². The summed E-state index contributed by atoms with van der Waals surface area (Å²) in [6.07, 6.45) is 1.84. The maximum atomic E-state index is 5.43. The molecule has 17 heavy (non-hydrogen) atoms. The zero-order valence-electron chi connectivity index (χ0n) is 11.1. The van der Waals surface area contributed by atoms with Crippen molar-refractivity contribution in [2.75, 3.05) is 32.8 Å². The van der Waals surface area contributed by atoms with Gasteiger partial charge in [0.15, 0.2) is 0 Å². The van der Waals surface area contributed by atoms with Crippen LogP contribution >= 0.6 is 0 Å². The van der Waals surface area contributed by atoms with E-state index in [0.717, 1.165) is 38.5 Å². The highest BCUT2D eigenvalue weighted by Gasteiger charge is 2.44. The van der Waals surface area contributed by atoms with Gasteiger partial charge in [0.25, 0.3) is 0 Å². The van der Waals surface area contributed by atoms with Crippen molar-refractivity contribution in [1.29, 1.82) is 0 Å². The topological polar surface area (TPSA) is 28.1 Å². The number of hydrogen-bond donors (Lipinski definition) is 0. The Hall–Kier alpha value is -0.870. The summed E-state index contributed by atoms with van der Waals surface area (Å²) in [5, 5.41) is 6.47. The Bertz CT molecular complexity index is 321. The van der Waals surface area contributed by atoms with Crippen LogP contribution in [0.3, 0.4) is 0 Å². The number of nitrogens with zero attached hydrogens (tertiary/aromatic N) is 3. The van der Waals surface area contributed by atoms with Crippen molar-refractivity contribution >= 4 is 6.21 Å². The van der Waals surface area contributed by atoms with Gasteiger partial charge in [0, 0.05) is 36.5 Å². The molecule has 96 valence electrons. The maximum Gasteiger partial charge on any atom is 0.0575 e. The first-order chi connectivity index (χ1) is 8.06. The molecule has 0 amide bonds. The summed E-state index contributed by atoms with van der Waals surface area (Å²) in [5.41, 5.74) is 1.33. The smallest absolute Gasteiger partial charge is 0.0575 e. The second-order valence-corrected chi connectivity index (χ2v) is 5.49. The number of hydrazone groups is 1. The first kappa shape index (κ1) is 12.6. The molecule has 0 atom stereocenters. The lowest BCUT2D eigenvalue weighted by atomic mass is 9.85. The molecule has 0 aromatic carbocycles. The van der Waals surface area contributed by atoms with E-state index in [2.05, 4.69) is 30.4 Å². The highest BCUT2D eigenvalue weighted by Crippen LogP contribution is 2.34. The van der Waals surface area contributed by atoms with Gasteiger partial charge >= 0.3 is 0 Å². The maximum absolute atomic E-state index is 5.43. The van der Waals surface area contributed by atoms with Crippen LogP contribution in [0.4, 0.5) is 0 Å². The summed E-state index contributed by atoms with van der Waals surface area (Å²) in [7, 11) is 0. The second kappa shape index (κ2) is 4.78. The van der Waals surface area contributed by atoms with Crippen LogP contribution in [0, 0.1) is 5.41 Å². The second-order valence-electron chi connectivity index (χ2n) is 5.49. The van der Waals surface area contributed by atoms with Crippen molar-refractivity contribution in [3.63, 3.8) is 0 Å². The van der Waals surface area contributed by atoms with Crippen LogP contribution in [0.2, 0.25) is 0 Å². The molecule has 2 heterocycles. The summed E-state index contributed by atoms with van der Waals surface area (Å²) < 4.78 is 5.43. The van der Waals surface area contributed by atoms with Crippen molar-refractivity contribution in [2.45, 2.75) is 26.8 Å². The summed E-state index contributed by atoms with van der Waals surface area (Å²) in [6, 6.07) is 0.537. The lowest BCUT2D eigenvalue weighted by Crippen LogP contribution is -2.54. The van der Waals surface area contributed by atoms with Gasteiger partial charge in [0.05, 0.1) is 19.8 Å². The van der Waals surface area contributed by atoms with Crippen molar-refractivity contribution in [1.82, 2.24) is 9.91 Å². The van der Waals surface area contributed by atoms with Crippen LogP contribution < -0.4 is 0 Å². The van der Waals surface area contributed by atoms with Crippen LogP contribution in [0.25, 0.3) is 0 Å². The van der Waals surface area contributed by atoms with Crippen LogP contribution in [0.5, 0.6) is 0 Å². The molecule has 4 nitrogen and oxygen atoms in total.